The Bertz CT molecular complexity index is 854. The van der Waals surface area contributed by atoms with Crippen LogP contribution in [0.5, 0.6) is 5.75 Å². The van der Waals surface area contributed by atoms with Gasteiger partial charge < -0.3 is 19.3 Å². The topological polar surface area (TPSA) is 59.1 Å². The van der Waals surface area contributed by atoms with E-state index in [0.29, 0.717) is 37.0 Å². The number of carbonyl (C=O) groups excluding carboxylic acids is 2. The molecule has 1 heterocycles. The minimum absolute atomic E-state index is 0.258. The Morgan fingerprint density at radius 1 is 1.07 bits per heavy atom. The first-order valence-electron chi connectivity index (χ1n) is 9.30. The van der Waals surface area contributed by atoms with Crippen LogP contribution in [0.2, 0.25) is 5.02 Å². The van der Waals surface area contributed by atoms with Crippen LogP contribution in [0.25, 0.3) is 0 Å². The van der Waals surface area contributed by atoms with Gasteiger partial charge in [0.25, 0.3) is 5.91 Å². The molecular formula is C21H22ClFN2O4. The molecule has 0 saturated carbocycles. The number of nitrogens with zero attached hydrogens (tertiary/aromatic N) is 2. The minimum Gasteiger partial charge on any atom is -0.479 e. The third kappa shape index (κ3) is 5.60. The van der Waals surface area contributed by atoms with E-state index in [1.807, 2.05) is 24.3 Å². The van der Waals surface area contributed by atoms with Crippen molar-refractivity contribution in [2.45, 2.75) is 13.0 Å². The summed E-state index contributed by atoms with van der Waals surface area (Å²) in [6.45, 7) is 3.49. The summed E-state index contributed by atoms with van der Waals surface area (Å²) in [5.41, 5.74) is 0.944. The molecule has 1 aliphatic heterocycles. The second kappa shape index (κ2) is 9.60. The highest BCUT2D eigenvalue weighted by Crippen LogP contribution is 2.26. The fourth-order valence-corrected chi connectivity index (χ4v) is 3.27. The zero-order valence-electron chi connectivity index (χ0n) is 16.0. The number of amides is 1. The number of rotatable bonds is 6. The fraction of sp³-hybridized carbons (Fsp3) is 0.333. The third-order valence-electron chi connectivity index (χ3n) is 4.62. The fourth-order valence-electron chi connectivity index (χ4n) is 3.01. The van der Waals surface area contributed by atoms with E-state index in [9.17, 15) is 14.0 Å². The van der Waals surface area contributed by atoms with Crippen LogP contribution in [0.1, 0.15) is 6.92 Å². The van der Waals surface area contributed by atoms with Crippen molar-refractivity contribution in [3.63, 3.8) is 0 Å². The number of anilines is 1. The van der Waals surface area contributed by atoms with Gasteiger partial charge in [-0.05, 0) is 43.3 Å². The monoisotopic (exact) mass is 420 g/mol. The average Bonchev–Trinajstić information content (AvgIpc) is 2.74. The van der Waals surface area contributed by atoms with Crippen LogP contribution in [0.4, 0.5) is 10.1 Å². The van der Waals surface area contributed by atoms with E-state index in [-0.39, 0.29) is 12.5 Å². The molecule has 2 aromatic carbocycles. The predicted octanol–water partition coefficient (Wildman–Crippen LogP) is 3.14. The van der Waals surface area contributed by atoms with E-state index in [4.69, 9.17) is 21.1 Å². The lowest BCUT2D eigenvalue weighted by atomic mass is 10.2. The summed E-state index contributed by atoms with van der Waals surface area (Å²) in [5, 5.41) is 0.677. The molecule has 1 fully saturated rings. The largest absolute Gasteiger partial charge is 0.479 e. The second-order valence-electron chi connectivity index (χ2n) is 6.64. The van der Waals surface area contributed by atoms with Crippen LogP contribution in [0.3, 0.4) is 0 Å². The number of benzene rings is 2. The number of ether oxygens (including phenoxy) is 2. The van der Waals surface area contributed by atoms with Gasteiger partial charge in [-0.25, -0.2) is 9.18 Å². The summed E-state index contributed by atoms with van der Waals surface area (Å²) in [5.74, 6) is -0.964. The maximum absolute atomic E-state index is 12.9. The Morgan fingerprint density at radius 2 is 1.72 bits per heavy atom. The number of hydrogen-bond acceptors (Lipinski definition) is 5. The van der Waals surface area contributed by atoms with Crippen LogP contribution >= 0.6 is 11.6 Å². The molecule has 0 radical (unpaired) electrons. The zero-order chi connectivity index (χ0) is 20.8. The van der Waals surface area contributed by atoms with Crippen molar-refractivity contribution >= 4 is 29.2 Å². The number of hydrogen-bond donors (Lipinski definition) is 0. The smallest absolute Gasteiger partial charge is 0.347 e. The van der Waals surface area contributed by atoms with E-state index in [2.05, 4.69) is 4.90 Å². The molecule has 0 spiro atoms. The van der Waals surface area contributed by atoms with Crippen LogP contribution in [0.15, 0.2) is 48.5 Å². The van der Waals surface area contributed by atoms with Crippen LogP contribution in [0, 0.1) is 5.82 Å². The number of esters is 1. The van der Waals surface area contributed by atoms with Crippen LogP contribution < -0.4 is 9.64 Å². The Hall–Kier alpha value is -2.80. The Morgan fingerprint density at radius 3 is 2.38 bits per heavy atom. The van der Waals surface area contributed by atoms with Crippen molar-refractivity contribution in [1.82, 2.24) is 4.90 Å². The molecule has 1 saturated heterocycles. The van der Waals surface area contributed by atoms with Crippen molar-refractivity contribution in [3.8, 4) is 5.75 Å². The zero-order valence-corrected chi connectivity index (χ0v) is 16.8. The summed E-state index contributed by atoms with van der Waals surface area (Å²) in [7, 11) is 0. The van der Waals surface area contributed by atoms with Gasteiger partial charge in [0, 0.05) is 26.2 Å². The van der Waals surface area contributed by atoms with Gasteiger partial charge in [0.2, 0.25) is 0 Å². The molecule has 0 N–H and O–H groups in total. The van der Waals surface area contributed by atoms with Crippen molar-refractivity contribution in [2.75, 3.05) is 37.7 Å². The van der Waals surface area contributed by atoms with E-state index in [1.165, 1.54) is 31.2 Å². The summed E-state index contributed by atoms with van der Waals surface area (Å²) >= 11 is 6.23. The highest BCUT2D eigenvalue weighted by Gasteiger charge is 2.24. The average molecular weight is 421 g/mol. The predicted molar refractivity (Wildman–Crippen MR) is 108 cm³/mol. The highest BCUT2D eigenvalue weighted by atomic mass is 35.5. The lowest BCUT2D eigenvalue weighted by Crippen LogP contribution is -2.50. The van der Waals surface area contributed by atoms with Gasteiger partial charge in [0.15, 0.2) is 12.7 Å². The standard InChI is InChI=1S/C21H22ClFN2O4/c1-15(29-17-8-6-16(23)7-9-17)21(27)28-14-20(26)25-12-10-24(11-13-25)19-5-3-2-4-18(19)22/h2-9,15H,10-14H2,1H3/t15-/m1/s1. The number of piperazine rings is 1. The number of para-hydroxylation sites is 1. The molecular weight excluding hydrogens is 399 g/mol. The molecule has 154 valence electrons. The van der Waals surface area contributed by atoms with Gasteiger partial charge in [0.1, 0.15) is 11.6 Å². The van der Waals surface area contributed by atoms with Crippen molar-refractivity contribution in [2.24, 2.45) is 0 Å². The molecule has 1 atom stereocenters. The lowest BCUT2D eigenvalue weighted by molar-refractivity contribution is -0.157. The third-order valence-corrected chi connectivity index (χ3v) is 4.94. The molecule has 0 unspecified atom stereocenters. The highest BCUT2D eigenvalue weighted by molar-refractivity contribution is 6.33. The van der Waals surface area contributed by atoms with E-state index in [0.717, 1.165) is 5.69 Å². The molecule has 0 aromatic heterocycles. The maximum Gasteiger partial charge on any atom is 0.347 e. The molecule has 2 aromatic rings. The molecule has 0 bridgehead atoms. The lowest BCUT2D eigenvalue weighted by Gasteiger charge is -2.36. The van der Waals surface area contributed by atoms with E-state index < -0.39 is 17.9 Å². The first kappa shape index (κ1) is 20.9. The SMILES string of the molecule is C[C@@H](Oc1ccc(F)cc1)C(=O)OCC(=O)N1CCN(c2ccccc2Cl)CC1. The molecule has 1 aliphatic rings. The van der Waals surface area contributed by atoms with Crippen LogP contribution in [-0.2, 0) is 14.3 Å². The molecule has 0 aliphatic carbocycles. The van der Waals surface area contributed by atoms with Gasteiger partial charge in [-0.3, -0.25) is 4.79 Å². The number of halogens is 2. The molecule has 8 heteroatoms. The second-order valence-corrected chi connectivity index (χ2v) is 7.05. The first-order chi connectivity index (χ1) is 13.9. The summed E-state index contributed by atoms with van der Waals surface area (Å²) < 4.78 is 23.4. The minimum atomic E-state index is -0.912. The normalized spacial score (nSPS) is 15.0. The van der Waals surface area contributed by atoms with E-state index in [1.54, 1.807) is 4.90 Å². The summed E-state index contributed by atoms with van der Waals surface area (Å²) in [4.78, 5) is 28.2. The summed E-state index contributed by atoms with van der Waals surface area (Å²) in [6.07, 6.45) is -0.912. The Labute approximate surface area is 173 Å². The molecule has 3 rings (SSSR count). The van der Waals surface area contributed by atoms with Gasteiger partial charge in [-0.15, -0.1) is 0 Å². The first-order valence-corrected chi connectivity index (χ1v) is 9.68. The van der Waals surface area contributed by atoms with E-state index >= 15 is 0 Å². The molecule has 6 nitrogen and oxygen atoms in total. The summed E-state index contributed by atoms with van der Waals surface area (Å²) in [6, 6.07) is 12.9. The van der Waals surface area contributed by atoms with Crippen LogP contribution in [-0.4, -0.2) is 55.7 Å². The number of carbonyl (C=O) groups is 2. The maximum atomic E-state index is 12.9. The van der Waals surface area contributed by atoms with Gasteiger partial charge in [0.05, 0.1) is 10.7 Å². The Kier molecular flexibility index (Phi) is 6.93. The van der Waals surface area contributed by atoms with Crippen molar-refractivity contribution < 1.29 is 23.5 Å². The molecule has 29 heavy (non-hydrogen) atoms. The Balaban J connectivity index is 1.43. The van der Waals surface area contributed by atoms with Gasteiger partial charge in [-0.2, -0.15) is 0 Å². The molecule has 1 amide bonds. The van der Waals surface area contributed by atoms with Gasteiger partial charge in [-0.1, -0.05) is 23.7 Å². The van der Waals surface area contributed by atoms with Crippen molar-refractivity contribution in [3.05, 3.63) is 59.4 Å². The quantitative estimate of drug-likeness (QED) is 0.672. The van der Waals surface area contributed by atoms with Gasteiger partial charge >= 0.3 is 5.97 Å². The van der Waals surface area contributed by atoms with Crippen molar-refractivity contribution in [1.29, 1.82) is 0 Å².